The minimum absolute atomic E-state index is 0.297. The molecule has 1 atom stereocenters. The van der Waals surface area contributed by atoms with Gasteiger partial charge in [-0.1, -0.05) is 29.8 Å². The number of aryl methyl sites for hydroxylation is 1. The first kappa shape index (κ1) is 13.3. The van der Waals surface area contributed by atoms with Crippen LogP contribution in [0.1, 0.15) is 18.9 Å². The summed E-state index contributed by atoms with van der Waals surface area (Å²) in [6.07, 6.45) is 0.875. The Morgan fingerprint density at radius 2 is 1.94 bits per heavy atom. The van der Waals surface area contributed by atoms with Gasteiger partial charge in [0.1, 0.15) is 0 Å². The number of benzene rings is 1. The van der Waals surface area contributed by atoms with Crippen molar-refractivity contribution in [2.75, 3.05) is 13.1 Å². The minimum atomic E-state index is -3.33. The standard InChI is InChI=1S/C14H19NO2S/c1-11(2)13-8-9-15(10-13)18(16,17)14-6-4-12(3)5-7-14/h4-7,13H,1,8-10H2,2-3H3. The molecule has 1 aliphatic heterocycles. The summed E-state index contributed by atoms with van der Waals surface area (Å²) in [6, 6.07) is 7.02. The molecule has 0 radical (unpaired) electrons. The zero-order valence-electron chi connectivity index (χ0n) is 10.9. The molecule has 3 nitrogen and oxygen atoms in total. The molecular formula is C14H19NO2S. The molecule has 1 heterocycles. The van der Waals surface area contributed by atoms with Crippen molar-refractivity contribution in [3.8, 4) is 0 Å². The zero-order chi connectivity index (χ0) is 13.3. The van der Waals surface area contributed by atoms with Gasteiger partial charge in [0.15, 0.2) is 0 Å². The van der Waals surface area contributed by atoms with Gasteiger partial charge in [-0.15, -0.1) is 0 Å². The topological polar surface area (TPSA) is 37.4 Å². The van der Waals surface area contributed by atoms with Crippen LogP contribution < -0.4 is 0 Å². The van der Waals surface area contributed by atoms with Crippen LogP contribution in [0.4, 0.5) is 0 Å². The third-order valence-electron chi connectivity index (χ3n) is 3.51. The van der Waals surface area contributed by atoms with Gasteiger partial charge < -0.3 is 0 Å². The van der Waals surface area contributed by atoms with Crippen molar-refractivity contribution in [3.05, 3.63) is 42.0 Å². The molecule has 0 N–H and O–H groups in total. The fraction of sp³-hybridized carbons (Fsp3) is 0.429. The van der Waals surface area contributed by atoms with Gasteiger partial charge in [0.25, 0.3) is 0 Å². The molecule has 4 heteroatoms. The Morgan fingerprint density at radius 3 is 2.44 bits per heavy atom. The van der Waals surface area contributed by atoms with Crippen LogP contribution in [0.15, 0.2) is 41.3 Å². The molecule has 18 heavy (non-hydrogen) atoms. The summed E-state index contributed by atoms with van der Waals surface area (Å²) in [5.41, 5.74) is 2.13. The van der Waals surface area contributed by atoms with Gasteiger partial charge in [-0.3, -0.25) is 0 Å². The van der Waals surface area contributed by atoms with Crippen molar-refractivity contribution in [1.29, 1.82) is 0 Å². The minimum Gasteiger partial charge on any atom is -0.207 e. The van der Waals surface area contributed by atoms with E-state index in [1.54, 1.807) is 16.4 Å². The Labute approximate surface area is 109 Å². The lowest BCUT2D eigenvalue weighted by Gasteiger charge is -2.16. The van der Waals surface area contributed by atoms with Crippen molar-refractivity contribution in [3.63, 3.8) is 0 Å². The lowest BCUT2D eigenvalue weighted by molar-refractivity contribution is 0.468. The summed E-state index contributed by atoms with van der Waals surface area (Å²) in [4.78, 5) is 0.385. The van der Waals surface area contributed by atoms with E-state index in [2.05, 4.69) is 6.58 Å². The monoisotopic (exact) mass is 265 g/mol. The van der Waals surface area contributed by atoms with Gasteiger partial charge in [0.05, 0.1) is 4.90 Å². The average Bonchev–Trinajstić information content (AvgIpc) is 2.79. The van der Waals surface area contributed by atoms with Crippen LogP contribution in [0.5, 0.6) is 0 Å². The Kier molecular flexibility index (Phi) is 3.59. The van der Waals surface area contributed by atoms with E-state index >= 15 is 0 Å². The molecule has 98 valence electrons. The highest BCUT2D eigenvalue weighted by atomic mass is 32.2. The summed E-state index contributed by atoms with van der Waals surface area (Å²) < 4.78 is 26.4. The first-order valence-corrected chi connectivity index (χ1v) is 7.57. The van der Waals surface area contributed by atoms with E-state index in [4.69, 9.17) is 0 Å². The van der Waals surface area contributed by atoms with E-state index in [0.29, 0.717) is 23.9 Å². The van der Waals surface area contributed by atoms with E-state index in [1.165, 1.54) is 0 Å². The second kappa shape index (κ2) is 4.86. The Bertz CT molecular complexity index is 546. The molecule has 1 aliphatic rings. The first-order valence-electron chi connectivity index (χ1n) is 6.13. The van der Waals surface area contributed by atoms with Crippen LogP contribution in [0.3, 0.4) is 0 Å². The Morgan fingerprint density at radius 1 is 1.33 bits per heavy atom. The highest BCUT2D eigenvalue weighted by molar-refractivity contribution is 7.89. The molecule has 0 amide bonds. The van der Waals surface area contributed by atoms with Crippen molar-refractivity contribution < 1.29 is 8.42 Å². The van der Waals surface area contributed by atoms with Crippen molar-refractivity contribution in [2.45, 2.75) is 25.2 Å². The summed E-state index contributed by atoms with van der Waals surface area (Å²) in [7, 11) is -3.33. The van der Waals surface area contributed by atoms with Gasteiger partial charge in [0, 0.05) is 13.1 Å². The molecule has 0 aliphatic carbocycles. The maximum Gasteiger partial charge on any atom is 0.243 e. The fourth-order valence-corrected chi connectivity index (χ4v) is 3.71. The molecule has 0 bridgehead atoms. The maximum atomic E-state index is 12.4. The van der Waals surface area contributed by atoms with E-state index in [0.717, 1.165) is 17.6 Å². The van der Waals surface area contributed by atoms with E-state index in [-0.39, 0.29) is 0 Å². The lowest BCUT2D eigenvalue weighted by atomic mass is 10.0. The van der Waals surface area contributed by atoms with E-state index in [1.807, 2.05) is 26.0 Å². The van der Waals surface area contributed by atoms with Crippen LogP contribution in [0, 0.1) is 12.8 Å². The molecule has 0 aromatic heterocycles. The van der Waals surface area contributed by atoms with Crippen LogP contribution >= 0.6 is 0 Å². The molecule has 1 saturated heterocycles. The van der Waals surface area contributed by atoms with Gasteiger partial charge in [-0.05, 0) is 38.3 Å². The molecule has 0 spiro atoms. The van der Waals surface area contributed by atoms with Crippen LogP contribution in [0.25, 0.3) is 0 Å². The highest BCUT2D eigenvalue weighted by Crippen LogP contribution is 2.27. The third kappa shape index (κ3) is 2.49. The van der Waals surface area contributed by atoms with E-state index < -0.39 is 10.0 Å². The Balaban J connectivity index is 2.22. The normalized spacial score (nSPS) is 21.1. The molecule has 0 saturated carbocycles. The molecule has 1 aromatic carbocycles. The van der Waals surface area contributed by atoms with Crippen molar-refractivity contribution in [2.24, 2.45) is 5.92 Å². The zero-order valence-corrected chi connectivity index (χ0v) is 11.7. The van der Waals surface area contributed by atoms with Gasteiger partial charge in [-0.2, -0.15) is 4.31 Å². The Hall–Kier alpha value is -1.13. The lowest BCUT2D eigenvalue weighted by Crippen LogP contribution is -2.29. The molecule has 1 aromatic rings. The summed E-state index contributed by atoms with van der Waals surface area (Å²) in [6.45, 7) is 8.98. The number of rotatable bonds is 3. The first-order chi connectivity index (χ1) is 8.41. The van der Waals surface area contributed by atoms with E-state index in [9.17, 15) is 8.42 Å². The van der Waals surface area contributed by atoms with Crippen molar-refractivity contribution >= 4 is 10.0 Å². The number of hydrogen-bond donors (Lipinski definition) is 0. The average molecular weight is 265 g/mol. The molecule has 1 fully saturated rings. The smallest absolute Gasteiger partial charge is 0.207 e. The van der Waals surface area contributed by atoms with Gasteiger partial charge in [0.2, 0.25) is 10.0 Å². The number of nitrogens with zero attached hydrogens (tertiary/aromatic N) is 1. The quantitative estimate of drug-likeness (QED) is 0.788. The van der Waals surface area contributed by atoms with Gasteiger partial charge in [-0.25, -0.2) is 8.42 Å². The van der Waals surface area contributed by atoms with Crippen molar-refractivity contribution in [1.82, 2.24) is 4.31 Å². The maximum absolute atomic E-state index is 12.4. The summed E-state index contributed by atoms with van der Waals surface area (Å²) >= 11 is 0. The SMILES string of the molecule is C=C(C)C1CCN(S(=O)(=O)c2ccc(C)cc2)C1. The van der Waals surface area contributed by atoms with Gasteiger partial charge >= 0.3 is 0 Å². The van der Waals surface area contributed by atoms with Crippen LogP contribution in [-0.4, -0.2) is 25.8 Å². The summed E-state index contributed by atoms with van der Waals surface area (Å²) in [5.74, 6) is 0.297. The third-order valence-corrected chi connectivity index (χ3v) is 5.39. The molecule has 1 unspecified atom stereocenters. The van der Waals surface area contributed by atoms with Crippen LogP contribution in [0.2, 0.25) is 0 Å². The summed E-state index contributed by atoms with van der Waals surface area (Å²) in [5, 5.41) is 0. The number of hydrogen-bond acceptors (Lipinski definition) is 2. The molecular weight excluding hydrogens is 246 g/mol. The highest BCUT2D eigenvalue weighted by Gasteiger charge is 2.32. The predicted molar refractivity (Wildman–Crippen MR) is 72.9 cm³/mol. The fourth-order valence-electron chi connectivity index (χ4n) is 2.21. The molecule has 2 rings (SSSR count). The predicted octanol–water partition coefficient (Wildman–Crippen LogP) is 2.58. The second-order valence-corrected chi connectivity index (χ2v) is 6.95. The van der Waals surface area contributed by atoms with Crippen LogP contribution in [-0.2, 0) is 10.0 Å². The second-order valence-electron chi connectivity index (χ2n) is 5.01. The number of sulfonamides is 1. The largest absolute Gasteiger partial charge is 0.243 e.